The van der Waals surface area contributed by atoms with E-state index >= 15 is 0 Å². The Bertz CT molecular complexity index is 632. The molecule has 3 heteroatoms. The van der Waals surface area contributed by atoms with Crippen LogP contribution in [0.25, 0.3) is 10.8 Å². The Hall–Kier alpha value is -1.71. The lowest BCUT2D eigenvalue weighted by atomic mass is 10.1. The van der Waals surface area contributed by atoms with Crippen LogP contribution in [0.4, 0.5) is 0 Å². The molecule has 3 rings (SSSR count). The van der Waals surface area contributed by atoms with E-state index in [1.807, 2.05) is 12.4 Å². The summed E-state index contributed by atoms with van der Waals surface area (Å²) in [7, 11) is 0. The van der Waals surface area contributed by atoms with Gasteiger partial charge in [0.15, 0.2) is 0 Å². The first-order valence-electron chi connectivity index (χ1n) is 5.96. The van der Waals surface area contributed by atoms with Crippen molar-refractivity contribution in [3.05, 3.63) is 64.6 Å². The van der Waals surface area contributed by atoms with E-state index in [9.17, 15) is 0 Å². The zero-order valence-electron chi connectivity index (χ0n) is 9.97. The Labute approximate surface area is 110 Å². The van der Waals surface area contributed by atoms with E-state index < -0.39 is 0 Å². The van der Waals surface area contributed by atoms with Gasteiger partial charge < -0.3 is 5.32 Å². The summed E-state index contributed by atoms with van der Waals surface area (Å²) in [5, 5.41) is 10.2. The number of fused-ring (bicyclic) bond motifs is 1. The van der Waals surface area contributed by atoms with Gasteiger partial charge in [0.2, 0.25) is 0 Å². The number of nitrogens with zero attached hydrogens (tertiary/aromatic N) is 1. The highest BCUT2D eigenvalue weighted by atomic mass is 32.1. The van der Waals surface area contributed by atoms with Crippen LogP contribution in [0.3, 0.4) is 0 Å². The lowest BCUT2D eigenvalue weighted by Gasteiger charge is -2.05. The van der Waals surface area contributed by atoms with Gasteiger partial charge in [-0.25, -0.2) is 0 Å². The molecule has 1 aromatic carbocycles. The van der Waals surface area contributed by atoms with Crippen molar-refractivity contribution in [3.8, 4) is 0 Å². The van der Waals surface area contributed by atoms with E-state index in [-0.39, 0.29) is 0 Å². The maximum absolute atomic E-state index is 4.12. The number of hydrogen-bond donors (Lipinski definition) is 1. The van der Waals surface area contributed by atoms with E-state index in [0.717, 1.165) is 13.1 Å². The highest BCUT2D eigenvalue weighted by Gasteiger charge is 1.97. The molecule has 0 radical (unpaired) electrons. The molecule has 0 spiro atoms. The molecule has 0 amide bonds. The van der Waals surface area contributed by atoms with Gasteiger partial charge in [-0.2, -0.15) is 11.3 Å². The molecule has 0 atom stereocenters. The Kier molecular flexibility index (Phi) is 3.35. The molecule has 90 valence electrons. The van der Waals surface area contributed by atoms with Crippen LogP contribution in [0.15, 0.2) is 53.5 Å². The number of hydrogen-bond acceptors (Lipinski definition) is 3. The van der Waals surface area contributed by atoms with Crippen molar-refractivity contribution in [3.63, 3.8) is 0 Å². The van der Waals surface area contributed by atoms with Crippen molar-refractivity contribution < 1.29 is 0 Å². The van der Waals surface area contributed by atoms with Crippen molar-refractivity contribution >= 4 is 22.1 Å². The van der Waals surface area contributed by atoms with Crippen molar-refractivity contribution in [1.82, 2.24) is 10.3 Å². The van der Waals surface area contributed by atoms with Gasteiger partial charge in [0.05, 0.1) is 0 Å². The highest BCUT2D eigenvalue weighted by Crippen LogP contribution is 2.14. The van der Waals surface area contributed by atoms with Crippen LogP contribution in [0.5, 0.6) is 0 Å². The monoisotopic (exact) mass is 254 g/mol. The first kappa shape index (κ1) is 11.4. The summed E-state index contributed by atoms with van der Waals surface area (Å²) in [6.45, 7) is 1.83. The minimum absolute atomic E-state index is 0.897. The van der Waals surface area contributed by atoms with Gasteiger partial charge in [0, 0.05) is 30.9 Å². The van der Waals surface area contributed by atoms with Crippen molar-refractivity contribution in [2.45, 2.75) is 13.1 Å². The predicted octanol–water partition coefficient (Wildman–Crippen LogP) is 3.59. The maximum atomic E-state index is 4.12. The van der Waals surface area contributed by atoms with Crippen LogP contribution in [-0.2, 0) is 13.1 Å². The lowest BCUT2D eigenvalue weighted by molar-refractivity contribution is 0.695. The average molecular weight is 254 g/mol. The summed E-state index contributed by atoms with van der Waals surface area (Å²) in [6, 6.07) is 10.7. The van der Waals surface area contributed by atoms with Crippen molar-refractivity contribution in [1.29, 1.82) is 0 Å². The standard InChI is InChI=1S/C15H14N2S/c1-2-15-10-16-5-3-14(15)7-12(1)8-17-9-13-4-6-18-11-13/h1-7,10-11,17H,8-9H2. The van der Waals surface area contributed by atoms with E-state index in [1.54, 1.807) is 11.3 Å². The minimum atomic E-state index is 0.897. The van der Waals surface area contributed by atoms with Gasteiger partial charge in [-0.05, 0) is 45.5 Å². The third kappa shape index (κ3) is 2.58. The van der Waals surface area contributed by atoms with Gasteiger partial charge in [-0.1, -0.05) is 12.1 Å². The van der Waals surface area contributed by atoms with Crippen molar-refractivity contribution in [2.75, 3.05) is 0 Å². The van der Waals surface area contributed by atoms with Crippen molar-refractivity contribution in [2.24, 2.45) is 0 Å². The van der Waals surface area contributed by atoms with Crippen LogP contribution in [0.2, 0.25) is 0 Å². The molecule has 0 aliphatic heterocycles. The molecule has 2 heterocycles. The van der Waals surface area contributed by atoms with Gasteiger partial charge in [0.25, 0.3) is 0 Å². The molecule has 2 nitrogen and oxygen atoms in total. The molecule has 0 fully saturated rings. The molecule has 3 aromatic rings. The fourth-order valence-electron chi connectivity index (χ4n) is 1.99. The Morgan fingerprint density at radius 1 is 1.00 bits per heavy atom. The average Bonchev–Trinajstić information content (AvgIpc) is 2.92. The zero-order valence-corrected chi connectivity index (χ0v) is 10.8. The van der Waals surface area contributed by atoms with Crippen LogP contribution in [0.1, 0.15) is 11.1 Å². The fourth-order valence-corrected chi connectivity index (χ4v) is 2.66. The third-order valence-corrected chi connectivity index (χ3v) is 3.68. The van der Waals surface area contributed by atoms with Gasteiger partial charge in [0.1, 0.15) is 0 Å². The first-order chi connectivity index (χ1) is 8.92. The molecule has 2 aromatic heterocycles. The smallest absolute Gasteiger partial charge is 0.0346 e. The van der Waals surface area contributed by atoms with E-state index in [2.05, 4.69) is 51.4 Å². The molecular weight excluding hydrogens is 240 g/mol. The highest BCUT2D eigenvalue weighted by molar-refractivity contribution is 7.07. The largest absolute Gasteiger partial charge is 0.309 e. The van der Waals surface area contributed by atoms with Gasteiger partial charge in [-0.15, -0.1) is 0 Å². The molecule has 0 aliphatic rings. The number of aromatic nitrogens is 1. The zero-order chi connectivity index (χ0) is 12.2. The molecule has 0 saturated heterocycles. The van der Waals surface area contributed by atoms with E-state index in [4.69, 9.17) is 0 Å². The normalized spacial score (nSPS) is 10.9. The minimum Gasteiger partial charge on any atom is -0.309 e. The number of benzene rings is 1. The summed E-state index contributed by atoms with van der Waals surface area (Å²) in [6.07, 6.45) is 3.74. The van der Waals surface area contributed by atoms with Crippen LogP contribution in [0, 0.1) is 0 Å². The molecule has 0 aliphatic carbocycles. The van der Waals surface area contributed by atoms with Gasteiger partial charge >= 0.3 is 0 Å². The fraction of sp³-hybridized carbons (Fsp3) is 0.133. The number of rotatable bonds is 4. The summed E-state index contributed by atoms with van der Waals surface area (Å²) in [5.41, 5.74) is 2.66. The Morgan fingerprint density at radius 3 is 2.83 bits per heavy atom. The van der Waals surface area contributed by atoms with E-state index in [1.165, 1.54) is 21.9 Å². The first-order valence-corrected chi connectivity index (χ1v) is 6.90. The molecule has 0 bridgehead atoms. The van der Waals surface area contributed by atoms with Crippen LogP contribution in [-0.4, -0.2) is 4.98 Å². The molecular formula is C15H14N2S. The van der Waals surface area contributed by atoms with Crippen LogP contribution < -0.4 is 5.32 Å². The summed E-state index contributed by atoms with van der Waals surface area (Å²) in [4.78, 5) is 4.12. The number of thiophene rings is 1. The second-order valence-corrected chi connectivity index (χ2v) is 5.07. The SMILES string of the molecule is c1cc2cc(CNCc3ccsc3)ccc2cn1. The van der Waals surface area contributed by atoms with Gasteiger partial charge in [-0.3, -0.25) is 4.98 Å². The summed E-state index contributed by atoms with van der Waals surface area (Å²) in [5.74, 6) is 0. The summed E-state index contributed by atoms with van der Waals surface area (Å²) < 4.78 is 0. The van der Waals surface area contributed by atoms with E-state index in [0.29, 0.717) is 0 Å². The second-order valence-electron chi connectivity index (χ2n) is 4.29. The summed E-state index contributed by atoms with van der Waals surface area (Å²) >= 11 is 1.74. The van der Waals surface area contributed by atoms with Crippen LogP contribution >= 0.6 is 11.3 Å². The quantitative estimate of drug-likeness (QED) is 0.769. The Morgan fingerprint density at radius 2 is 1.94 bits per heavy atom. The molecule has 18 heavy (non-hydrogen) atoms. The molecule has 1 N–H and O–H groups in total. The molecule has 0 saturated carbocycles. The number of pyridine rings is 1. The molecule has 0 unspecified atom stereocenters. The number of nitrogens with one attached hydrogen (secondary N) is 1. The maximum Gasteiger partial charge on any atom is 0.0346 e. The third-order valence-electron chi connectivity index (χ3n) is 2.94. The Balaban J connectivity index is 1.67. The predicted molar refractivity (Wildman–Crippen MR) is 76.6 cm³/mol. The second kappa shape index (κ2) is 5.29. The lowest BCUT2D eigenvalue weighted by Crippen LogP contribution is -2.11. The topological polar surface area (TPSA) is 24.9 Å².